The molecule has 228 valence electrons. The molecule has 0 aliphatic carbocycles. The number of carbonyl (C=O) groups excluding carboxylic acids is 1. The quantitative estimate of drug-likeness (QED) is 0.264. The van der Waals surface area contributed by atoms with Crippen molar-refractivity contribution in [3.05, 3.63) is 103 Å². The minimum atomic E-state index is -0.829. The predicted molar refractivity (Wildman–Crippen MR) is 170 cm³/mol. The molecule has 0 bridgehead atoms. The van der Waals surface area contributed by atoms with E-state index >= 15 is 0 Å². The number of ether oxygens (including phenoxy) is 3. The van der Waals surface area contributed by atoms with E-state index in [1.807, 2.05) is 48.5 Å². The van der Waals surface area contributed by atoms with Crippen molar-refractivity contribution in [3.63, 3.8) is 0 Å². The minimum Gasteiger partial charge on any atom is -0.493 e. The molecule has 0 unspecified atom stereocenters. The van der Waals surface area contributed by atoms with Crippen molar-refractivity contribution >= 4 is 35.0 Å². The number of hydrogen-bond acceptors (Lipinski definition) is 9. The predicted octanol–water partition coefficient (Wildman–Crippen LogP) is 4.78. The summed E-state index contributed by atoms with van der Waals surface area (Å²) >= 11 is 1.26. The molecule has 9 nitrogen and oxygen atoms in total. The number of anilines is 1. The van der Waals surface area contributed by atoms with Crippen molar-refractivity contribution in [2.45, 2.75) is 32.7 Å². The summed E-state index contributed by atoms with van der Waals surface area (Å²) in [7, 11) is 3.11. The lowest BCUT2D eigenvalue weighted by Gasteiger charge is -2.29. The first kappa shape index (κ1) is 29.5. The van der Waals surface area contributed by atoms with E-state index in [0.29, 0.717) is 43.8 Å². The zero-order valence-electron chi connectivity index (χ0n) is 25.2. The number of methoxy groups -OCH3 is 2. The van der Waals surface area contributed by atoms with Crippen LogP contribution in [0.1, 0.15) is 49.6 Å². The van der Waals surface area contributed by atoms with Gasteiger partial charge in [0.1, 0.15) is 5.76 Å². The van der Waals surface area contributed by atoms with Gasteiger partial charge in [0.2, 0.25) is 0 Å². The van der Waals surface area contributed by atoms with Crippen LogP contribution in [0.5, 0.6) is 11.5 Å². The molecule has 2 aromatic heterocycles. The molecule has 6 rings (SSSR count). The van der Waals surface area contributed by atoms with Crippen LogP contribution in [-0.4, -0.2) is 44.5 Å². The second-order valence-corrected chi connectivity index (χ2v) is 11.9. The van der Waals surface area contributed by atoms with Crippen LogP contribution in [0.25, 0.3) is 11.8 Å². The number of nitrogens with zero attached hydrogens (tertiary/aromatic N) is 3. The third kappa shape index (κ3) is 5.57. The van der Waals surface area contributed by atoms with E-state index in [2.05, 4.69) is 11.8 Å². The first-order valence-corrected chi connectivity index (χ1v) is 15.6. The van der Waals surface area contributed by atoms with Crippen molar-refractivity contribution < 1.29 is 23.4 Å². The summed E-state index contributed by atoms with van der Waals surface area (Å²) in [4.78, 5) is 35.5. The Morgan fingerprint density at radius 1 is 1.05 bits per heavy atom. The number of piperidine rings is 1. The number of fused-ring (bicyclic) bond motifs is 1. The fourth-order valence-corrected chi connectivity index (χ4v) is 6.71. The number of carbonyl (C=O) groups is 1. The monoisotopic (exact) mass is 613 g/mol. The zero-order valence-corrected chi connectivity index (χ0v) is 26.1. The second kappa shape index (κ2) is 12.6. The van der Waals surface area contributed by atoms with E-state index in [4.69, 9.17) is 23.6 Å². The van der Waals surface area contributed by atoms with Crippen molar-refractivity contribution in [2.24, 2.45) is 10.9 Å². The number of hydrogen-bond donors (Lipinski definition) is 0. The minimum absolute atomic E-state index is 0.171. The van der Waals surface area contributed by atoms with E-state index in [1.165, 1.54) is 11.3 Å². The van der Waals surface area contributed by atoms with Gasteiger partial charge in [-0.25, -0.2) is 9.79 Å². The molecule has 1 fully saturated rings. The molecule has 0 amide bonds. The van der Waals surface area contributed by atoms with Gasteiger partial charge < -0.3 is 23.5 Å². The SMILES string of the molecule is CCOC(=O)C1=C(c2ccccc2)N=c2s/c(=C/c3ccc(N4CCC(C)CC4)o3)c(=O)n2[C@H]1c1ccc(OC)c(OC)c1. The maximum atomic E-state index is 14.2. The number of esters is 1. The number of thiazole rings is 1. The average molecular weight is 614 g/mol. The van der Waals surface area contributed by atoms with Gasteiger partial charge >= 0.3 is 5.97 Å². The van der Waals surface area contributed by atoms with Gasteiger partial charge in [0.25, 0.3) is 5.56 Å². The van der Waals surface area contributed by atoms with Gasteiger partial charge in [-0.1, -0.05) is 54.7 Å². The van der Waals surface area contributed by atoms with Crippen molar-refractivity contribution in [1.82, 2.24) is 4.57 Å². The van der Waals surface area contributed by atoms with Crippen LogP contribution >= 0.6 is 11.3 Å². The highest BCUT2D eigenvalue weighted by molar-refractivity contribution is 7.07. The Bertz CT molecular complexity index is 1880. The highest BCUT2D eigenvalue weighted by Gasteiger charge is 2.35. The maximum Gasteiger partial charge on any atom is 0.338 e. The molecular formula is C34H35N3O6S. The molecule has 4 heterocycles. The Morgan fingerprint density at radius 3 is 2.50 bits per heavy atom. The molecule has 2 aliphatic heterocycles. The fraction of sp³-hybridized carbons (Fsp3) is 0.324. The Morgan fingerprint density at radius 2 is 1.80 bits per heavy atom. The molecule has 0 spiro atoms. The lowest BCUT2D eigenvalue weighted by molar-refractivity contribution is -0.138. The molecular weight excluding hydrogens is 578 g/mol. The molecule has 1 atom stereocenters. The number of aromatic nitrogens is 1. The summed E-state index contributed by atoms with van der Waals surface area (Å²) < 4.78 is 24.8. The topological polar surface area (TPSA) is 95.5 Å². The van der Waals surface area contributed by atoms with E-state index < -0.39 is 12.0 Å². The van der Waals surface area contributed by atoms with Crippen LogP contribution in [0, 0.1) is 5.92 Å². The van der Waals surface area contributed by atoms with Gasteiger partial charge in [-0.15, -0.1) is 0 Å². The van der Waals surface area contributed by atoms with Crippen LogP contribution in [-0.2, 0) is 9.53 Å². The zero-order chi connectivity index (χ0) is 30.8. The Kier molecular flexibility index (Phi) is 8.43. The molecule has 2 aromatic carbocycles. The lowest BCUT2D eigenvalue weighted by atomic mass is 9.93. The summed E-state index contributed by atoms with van der Waals surface area (Å²) in [5.74, 6) is 2.56. The van der Waals surface area contributed by atoms with Crippen molar-refractivity contribution in [2.75, 3.05) is 38.8 Å². The first-order valence-electron chi connectivity index (χ1n) is 14.8. The summed E-state index contributed by atoms with van der Waals surface area (Å²) in [6.07, 6.45) is 4.00. The Labute approximate surface area is 259 Å². The van der Waals surface area contributed by atoms with Gasteiger partial charge in [0, 0.05) is 30.8 Å². The van der Waals surface area contributed by atoms with Crippen molar-refractivity contribution in [3.8, 4) is 11.5 Å². The summed E-state index contributed by atoms with van der Waals surface area (Å²) in [5, 5.41) is 0. The molecule has 10 heteroatoms. The molecule has 4 aromatic rings. The van der Waals surface area contributed by atoms with E-state index in [-0.39, 0.29) is 17.7 Å². The molecule has 1 saturated heterocycles. The molecule has 0 saturated carbocycles. The largest absolute Gasteiger partial charge is 0.493 e. The highest BCUT2D eigenvalue weighted by Crippen LogP contribution is 2.38. The Hall–Kier alpha value is -4.57. The summed E-state index contributed by atoms with van der Waals surface area (Å²) in [6, 6.07) is 17.9. The first-order chi connectivity index (χ1) is 21.4. The van der Waals surface area contributed by atoms with Crippen molar-refractivity contribution in [1.29, 1.82) is 0 Å². The van der Waals surface area contributed by atoms with E-state index in [0.717, 1.165) is 37.4 Å². The van der Waals surface area contributed by atoms with Crippen LogP contribution < -0.4 is 29.3 Å². The highest BCUT2D eigenvalue weighted by atomic mass is 32.1. The third-order valence-corrected chi connectivity index (χ3v) is 9.06. The molecule has 0 radical (unpaired) electrons. The van der Waals surface area contributed by atoms with Gasteiger partial charge in [-0.3, -0.25) is 9.36 Å². The van der Waals surface area contributed by atoms with Gasteiger partial charge in [0.15, 0.2) is 22.2 Å². The van der Waals surface area contributed by atoms with Crippen LogP contribution in [0.3, 0.4) is 0 Å². The number of furan rings is 1. The Balaban J connectivity index is 1.54. The van der Waals surface area contributed by atoms with Gasteiger partial charge in [0.05, 0.1) is 42.7 Å². The summed E-state index contributed by atoms with van der Waals surface area (Å²) in [6.45, 7) is 6.09. The standard InChI is InChI=1S/C34H35N3O6S/c1-5-42-33(39)29-30(22-9-7-6-8-10-22)35-34-37(31(29)23-11-13-25(40-3)26(19-23)41-4)32(38)27(44-34)20-24-12-14-28(43-24)36-17-15-21(2)16-18-36/h6-14,19-21,31H,5,15-18H2,1-4H3/b27-20+/t31-/m0/s1. The normalized spacial score (nSPS) is 17.3. The number of benzene rings is 2. The maximum absolute atomic E-state index is 14.2. The van der Waals surface area contributed by atoms with Crippen LogP contribution in [0.15, 0.2) is 80.4 Å². The lowest BCUT2D eigenvalue weighted by Crippen LogP contribution is -2.40. The average Bonchev–Trinajstić information content (AvgIpc) is 3.64. The smallest absolute Gasteiger partial charge is 0.338 e. The number of rotatable bonds is 8. The van der Waals surface area contributed by atoms with Crippen LogP contribution in [0.2, 0.25) is 0 Å². The third-order valence-electron chi connectivity index (χ3n) is 8.08. The van der Waals surface area contributed by atoms with Gasteiger partial charge in [-0.05, 0) is 49.4 Å². The molecule has 2 aliphatic rings. The summed E-state index contributed by atoms with van der Waals surface area (Å²) in [5.41, 5.74) is 1.83. The van der Waals surface area contributed by atoms with Crippen LogP contribution in [0.4, 0.5) is 5.88 Å². The van der Waals surface area contributed by atoms with E-state index in [9.17, 15) is 9.59 Å². The van der Waals surface area contributed by atoms with E-state index in [1.54, 1.807) is 43.9 Å². The fourth-order valence-electron chi connectivity index (χ4n) is 5.73. The second-order valence-electron chi connectivity index (χ2n) is 10.9. The molecule has 0 N–H and O–H groups in total. The van der Waals surface area contributed by atoms with Gasteiger partial charge in [-0.2, -0.15) is 0 Å². The molecule has 44 heavy (non-hydrogen) atoms.